The fraction of sp³-hybridized carbons (Fsp3) is 0.231. The number of nitrogens with zero attached hydrogens (tertiary/aromatic N) is 2. The van der Waals surface area contributed by atoms with E-state index in [1.807, 2.05) is 6.07 Å². The van der Waals surface area contributed by atoms with Gasteiger partial charge in [0, 0.05) is 5.56 Å². The molecule has 0 spiro atoms. The summed E-state index contributed by atoms with van der Waals surface area (Å²) >= 11 is 0. The van der Waals surface area contributed by atoms with Crippen molar-refractivity contribution in [1.82, 2.24) is 10.2 Å². The fourth-order valence-corrected chi connectivity index (χ4v) is 1.52. The van der Waals surface area contributed by atoms with Gasteiger partial charge in [0.15, 0.2) is 0 Å². The Morgan fingerprint density at radius 3 is 2.13 bits per heavy atom. The first-order chi connectivity index (χ1) is 7.27. The van der Waals surface area contributed by atoms with Crippen molar-refractivity contribution in [1.29, 1.82) is 0 Å². The standard InChI is InChI=1S/C13H14N2/c1-10(2)11-3-5-12(6-4-11)13-7-8-14-15-9-13/h3-10H,1-2H3. The highest BCUT2D eigenvalue weighted by atomic mass is 15.1. The number of benzene rings is 1. The van der Waals surface area contributed by atoms with Gasteiger partial charge in [-0.2, -0.15) is 10.2 Å². The Balaban J connectivity index is 2.32. The second-order valence-electron chi connectivity index (χ2n) is 3.91. The first-order valence-corrected chi connectivity index (χ1v) is 5.14. The summed E-state index contributed by atoms with van der Waals surface area (Å²) in [7, 11) is 0. The topological polar surface area (TPSA) is 25.8 Å². The number of hydrogen-bond donors (Lipinski definition) is 0. The van der Waals surface area contributed by atoms with Gasteiger partial charge in [0.1, 0.15) is 0 Å². The molecule has 0 radical (unpaired) electrons. The molecule has 0 saturated carbocycles. The normalized spacial score (nSPS) is 10.6. The van der Waals surface area contributed by atoms with Crippen LogP contribution in [-0.2, 0) is 0 Å². The Morgan fingerprint density at radius 1 is 0.867 bits per heavy atom. The van der Waals surface area contributed by atoms with E-state index >= 15 is 0 Å². The van der Waals surface area contributed by atoms with Crippen molar-refractivity contribution in [2.45, 2.75) is 19.8 Å². The summed E-state index contributed by atoms with van der Waals surface area (Å²) in [5.41, 5.74) is 3.66. The molecule has 2 rings (SSSR count). The Hall–Kier alpha value is -1.70. The average molecular weight is 198 g/mol. The van der Waals surface area contributed by atoms with Crippen LogP contribution in [0.3, 0.4) is 0 Å². The Morgan fingerprint density at radius 2 is 1.60 bits per heavy atom. The largest absolute Gasteiger partial charge is 0.159 e. The zero-order valence-corrected chi connectivity index (χ0v) is 9.01. The molecule has 0 N–H and O–H groups in total. The van der Waals surface area contributed by atoms with Crippen LogP contribution in [0.5, 0.6) is 0 Å². The minimum absolute atomic E-state index is 0.578. The molecule has 0 bridgehead atoms. The first kappa shape index (κ1) is 9.84. The second kappa shape index (κ2) is 4.22. The third kappa shape index (κ3) is 2.21. The summed E-state index contributed by atoms with van der Waals surface area (Å²) in [4.78, 5) is 0. The van der Waals surface area contributed by atoms with Crippen molar-refractivity contribution in [3.05, 3.63) is 48.3 Å². The van der Waals surface area contributed by atoms with Gasteiger partial charge < -0.3 is 0 Å². The van der Waals surface area contributed by atoms with Crippen LogP contribution in [-0.4, -0.2) is 10.2 Å². The van der Waals surface area contributed by atoms with Crippen LogP contribution < -0.4 is 0 Å². The van der Waals surface area contributed by atoms with Crippen LogP contribution in [0.1, 0.15) is 25.3 Å². The summed E-state index contributed by atoms with van der Waals surface area (Å²) in [6.07, 6.45) is 3.50. The quantitative estimate of drug-likeness (QED) is 0.740. The lowest BCUT2D eigenvalue weighted by Crippen LogP contribution is -1.87. The maximum absolute atomic E-state index is 3.87. The molecule has 2 aromatic rings. The molecule has 15 heavy (non-hydrogen) atoms. The molecule has 0 aliphatic carbocycles. The van der Waals surface area contributed by atoms with Gasteiger partial charge in [0.2, 0.25) is 0 Å². The van der Waals surface area contributed by atoms with E-state index in [4.69, 9.17) is 0 Å². The average Bonchev–Trinajstić information content (AvgIpc) is 2.30. The second-order valence-corrected chi connectivity index (χ2v) is 3.91. The predicted molar refractivity (Wildman–Crippen MR) is 61.6 cm³/mol. The van der Waals surface area contributed by atoms with E-state index in [1.54, 1.807) is 12.4 Å². The maximum atomic E-state index is 3.87. The van der Waals surface area contributed by atoms with Gasteiger partial charge in [-0.3, -0.25) is 0 Å². The van der Waals surface area contributed by atoms with Crippen molar-refractivity contribution in [3.63, 3.8) is 0 Å². The summed E-state index contributed by atoms with van der Waals surface area (Å²) < 4.78 is 0. The molecule has 1 aromatic heterocycles. The Bertz CT molecular complexity index is 418. The van der Waals surface area contributed by atoms with Gasteiger partial charge in [0.05, 0.1) is 12.4 Å². The molecule has 2 heteroatoms. The van der Waals surface area contributed by atoms with E-state index < -0.39 is 0 Å². The number of hydrogen-bond acceptors (Lipinski definition) is 2. The highest BCUT2D eigenvalue weighted by molar-refractivity contribution is 5.62. The highest BCUT2D eigenvalue weighted by Gasteiger charge is 2.00. The monoisotopic (exact) mass is 198 g/mol. The molecule has 0 saturated heterocycles. The first-order valence-electron chi connectivity index (χ1n) is 5.14. The number of aromatic nitrogens is 2. The van der Waals surface area contributed by atoms with Crippen LogP contribution in [0.25, 0.3) is 11.1 Å². The van der Waals surface area contributed by atoms with Crippen LogP contribution in [0.4, 0.5) is 0 Å². The molecule has 76 valence electrons. The zero-order valence-electron chi connectivity index (χ0n) is 9.01. The lowest BCUT2D eigenvalue weighted by molar-refractivity contribution is 0.867. The molecule has 1 heterocycles. The van der Waals surface area contributed by atoms with Crippen LogP contribution >= 0.6 is 0 Å². The third-order valence-electron chi connectivity index (χ3n) is 2.49. The number of rotatable bonds is 2. The van der Waals surface area contributed by atoms with E-state index in [2.05, 4.69) is 48.3 Å². The third-order valence-corrected chi connectivity index (χ3v) is 2.49. The zero-order chi connectivity index (χ0) is 10.7. The molecular formula is C13H14N2. The molecule has 2 nitrogen and oxygen atoms in total. The van der Waals surface area contributed by atoms with E-state index in [-0.39, 0.29) is 0 Å². The molecule has 0 aliphatic rings. The van der Waals surface area contributed by atoms with Crippen LogP contribution in [0.2, 0.25) is 0 Å². The minimum atomic E-state index is 0.578. The lowest BCUT2D eigenvalue weighted by atomic mass is 10.00. The van der Waals surface area contributed by atoms with Crippen LogP contribution in [0.15, 0.2) is 42.7 Å². The summed E-state index contributed by atoms with van der Waals surface area (Å²) in [6, 6.07) is 10.6. The van der Waals surface area contributed by atoms with Gasteiger partial charge in [0.25, 0.3) is 0 Å². The van der Waals surface area contributed by atoms with Gasteiger partial charge in [-0.25, -0.2) is 0 Å². The Labute approximate surface area is 90.0 Å². The molecule has 1 aromatic carbocycles. The van der Waals surface area contributed by atoms with Crippen molar-refractivity contribution < 1.29 is 0 Å². The smallest absolute Gasteiger partial charge is 0.0574 e. The molecule has 0 unspecified atom stereocenters. The highest BCUT2D eigenvalue weighted by Crippen LogP contribution is 2.21. The van der Waals surface area contributed by atoms with Gasteiger partial charge >= 0.3 is 0 Å². The van der Waals surface area contributed by atoms with E-state index in [0.29, 0.717) is 5.92 Å². The van der Waals surface area contributed by atoms with Gasteiger partial charge in [-0.05, 0) is 23.1 Å². The fourth-order valence-electron chi connectivity index (χ4n) is 1.52. The minimum Gasteiger partial charge on any atom is -0.159 e. The molecule has 0 aliphatic heterocycles. The van der Waals surface area contributed by atoms with Crippen molar-refractivity contribution >= 4 is 0 Å². The van der Waals surface area contributed by atoms with E-state index in [1.165, 1.54) is 11.1 Å². The van der Waals surface area contributed by atoms with E-state index in [0.717, 1.165) is 5.56 Å². The SMILES string of the molecule is CC(C)c1ccc(-c2ccnnc2)cc1. The summed E-state index contributed by atoms with van der Waals surface area (Å²) in [5.74, 6) is 0.578. The maximum Gasteiger partial charge on any atom is 0.0574 e. The Kier molecular flexibility index (Phi) is 2.77. The molecular weight excluding hydrogens is 184 g/mol. The van der Waals surface area contributed by atoms with Crippen molar-refractivity contribution in [2.24, 2.45) is 0 Å². The molecule has 0 amide bonds. The molecule has 0 atom stereocenters. The lowest BCUT2D eigenvalue weighted by Gasteiger charge is -2.06. The van der Waals surface area contributed by atoms with Crippen LogP contribution in [0, 0.1) is 0 Å². The van der Waals surface area contributed by atoms with Crippen molar-refractivity contribution in [3.8, 4) is 11.1 Å². The predicted octanol–water partition coefficient (Wildman–Crippen LogP) is 3.27. The van der Waals surface area contributed by atoms with Gasteiger partial charge in [-0.1, -0.05) is 38.1 Å². The summed E-state index contributed by atoms with van der Waals surface area (Å²) in [5, 5.41) is 7.64. The summed E-state index contributed by atoms with van der Waals surface area (Å²) in [6.45, 7) is 4.39. The molecule has 0 fully saturated rings. The van der Waals surface area contributed by atoms with Crippen molar-refractivity contribution in [2.75, 3.05) is 0 Å². The van der Waals surface area contributed by atoms with E-state index in [9.17, 15) is 0 Å². The van der Waals surface area contributed by atoms with Gasteiger partial charge in [-0.15, -0.1) is 0 Å².